The van der Waals surface area contributed by atoms with Crippen LogP contribution >= 0.6 is 0 Å². The quantitative estimate of drug-likeness (QED) is 0.530. The third kappa shape index (κ3) is 4.17. The molecule has 0 aliphatic rings. The molecule has 0 aliphatic carbocycles. The van der Waals surface area contributed by atoms with Crippen molar-refractivity contribution >= 4 is 5.76 Å². The van der Waals surface area contributed by atoms with E-state index in [4.69, 9.17) is 4.74 Å². The molecule has 0 unspecified atom stereocenters. The molecule has 1 aromatic carbocycles. The molecule has 17 heavy (non-hydrogen) atoms. The molecule has 0 spiro atoms. The summed E-state index contributed by atoms with van der Waals surface area (Å²) in [5, 5.41) is 0. The predicted molar refractivity (Wildman–Crippen MR) is 65.2 cm³/mol. The van der Waals surface area contributed by atoms with Crippen LogP contribution in [0.5, 0.6) is 0 Å². The Kier molecular flexibility index (Phi) is 5.67. The third-order valence-corrected chi connectivity index (χ3v) is 2.37. The first-order valence-electron chi connectivity index (χ1n) is 5.72. The van der Waals surface area contributed by atoms with Crippen molar-refractivity contribution in [2.75, 3.05) is 6.61 Å². The van der Waals surface area contributed by atoms with Gasteiger partial charge in [-0.25, -0.2) is 8.78 Å². The predicted octanol–water partition coefficient (Wildman–Crippen LogP) is 4.35. The minimum atomic E-state index is -0.858. The molecule has 0 amide bonds. The van der Waals surface area contributed by atoms with Gasteiger partial charge in [0.15, 0.2) is 11.6 Å². The van der Waals surface area contributed by atoms with Crippen molar-refractivity contribution in [3.63, 3.8) is 0 Å². The van der Waals surface area contributed by atoms with E-state index in [1.165, 1.54) is 6.07 Å². The topological polar surface area (TPSA) is 9.23 Å². The Balaban J connectivity index is 2.64. The van der Waals surface area contributed by atoms with Crippen molar-refractivity contribution in [2.24, 2.45) is 0 Å². The zero-order chi connectivity index (χ0) is 12.7. The fourth-order valence-corrected chi connectivity index (χ4v) is 1.44. The average molecular weight is 239 g/mol. The van der Waals surface area contributed by atoms with Crippen molar-refractivity contribution in [1.29, 1.82) is 0 Å². The number of benzene rings is 1. The van der Waals surface area contributed by atoms with Crippen LogP contribution in [0.2, 0.25) is 0 Å². The number of hydrogen-bond donors (Lipinski definition) is 0. The Morgan fingerprint density at radius 1 is 1.29 bits per heavy atom. The second-order valence-electron chi connectivity index (χ2n) is 3.69. The van der Waals surface area contributed by atoms with Crippen LogP contribution in [-0.4, -0.2) is 6.61 Å². The van der Waals surface area contributed by atoms with Crippen molar-refractivity contribution in [3.8, 4) is 0 Å². The summed E-state index contributed by atoms with van der Waals surface area (Å²) in [6.07, 6.45) is 4.52. The van der Waals surface area contributed by atoms with E-state index >= 15 is 0 Å². The molecule has 0 aromatic heterocycles. The van der Waals surface area contributed by atoms with E-state index in [1.807, 2.05) is 0 Å². The lowest BCUT2D eigenvalue weighted by Crippen LogP contribution is -1.96. The zero-order valence-electron chi connectivity index (χ0n) is 10.0. The van der Waals surface area contributed by atoms with E-state index in [0.29, 0.717) is 17.9 Å². The van der Waals surface area contributed by atoms with Crippen molar-refractivity contribution in [1.82, 2.24) is 0 Å². The maximum atomic E-state index is 13.1. The molecule has 0 fully saturated rings. The fraction of sp³-hybridized carbons (Fsp3) is 0.357. The lowest BCUT2D eigenvalue weighted by atomic mass is 10.1. The van der Waals surface area contributed by atoms with Gasteiger partial charge in [-0.2, -0.15) is 0 Å². The van der Waals surface area contributed by atoms with E-state index in [-0.39, 0.29) is 0 Å². The molecule has 0 saturated carbocycles. The lowest BCUT2D eigenvalue weighted by molar-refractivity contribution is 0.268. The first kappa shape index (κ1) is 13.7. The van der Waals surface area contributed by atoms with Crippen LogP contribution in [0.25, 0.3) is 5.76 Å². The Morgan fingerprint density at radius 2 is 2.06 bits per heavy atom. The van der Waals surface area contributed by atoms with Gasteiger partial charge in [0.2, 0.25) is 0 Å². The monoisotopic (exact) mass is 239 g/mol. The normalized spacial score (nSPS) is 11.6. The SMILES string of the molecule is [CH2]CCCCOC(=CC)c1ccc(F)c(F)c1. The molecule has 1 aromatic rings. The van der Waals surface area contributed by atoms with Crippen LogP contribution in [0.3, 0.4) is 0 Å². The summed E-state index contributed by atoms with van der Waals surface area (Å²) in [6, 6.07) is 3.76. The van der Waals surface area contributed by atoms with Crippen LogP contribution in [0.4, 0.5) is 8.78 Å². The highest BCUT2D eigenvalue weighted by Gasteiger charge is 2.06. The lowest BCUT2D eigenvalue weighted by Gasteiger charge is -2.10. The van der Waals surface area contributed by atoms with Crippen LogP contribution in [-0.2, 0) is 4.74 Å². The Hall–Kier alpha value is -1.38. The standard InChI is InChI=1S/C14H17F2O/c1-3-5-6-9-17-14(4-2)11-7-8-12(15)13(16)10-11/h4,7-8,10H,1,3,5-6,9H2,2H3. The summed E-state index contributed by atoms with van der Waals surface area (Å²) in [5.74, 6) is -1.13. The van der Waals surface area contributed by atoms with Gasteiger partial charge in [0.1, 0.15) is 5.76 Å². The summed E-state index contributed by atoms with van der Waals surface area (Å²) >= 11 is 0. The highest BCUT2D eigenvalue weighted by molar-refractivity contribution is 5.59. The molecule has 0 saturated heterocycles. The van der Waals surface area contributed by atoms with Crippen molar-refractivity contribution in [3.05, 3.63) is 48.4 Å². The minimum absolute atomic E-state index is 0.557. The van der Waals surface area contributed by atoms with Gasteiger partial charge in [0.25, 0.3) is 0 Å². The largest absolute Gasteiger partial charge is 0.493 e. The van der Waals surface area contributed by atoms with Crippen LogP contribution in [0.15, 0.2) is 24.3 Å². The summed E-state index contributed by atoms with van der Waals surface area (Å²) in [4.78, 5) is 0. The van der Waals surface area contributed by atoms with E-state index in [1.54, 1.807) is 13.0 Å². The van der Waals surface area contributed by atoms with E-state index in [2.05, 4.69) is 6.92 Å². The van der Waals surface area contributed by atoms with Gasteiger partial charge in [0.05, 0.1) is 6.61 Å². The van der Waals surface area contributed by atoms with Gasteiger partial charge in [-0.3, -0.25) is 0 Å². The van der Waals surface area contributed by atoms with Crippen LogP contribution in [0, 0.1) is 18.6 Å². The Labute approximate surface area is 101 Å². The maximum absolute atomic E-state index is 13.1. The number of allylic oxidation sites excluding steroid dienone is 1. The van der Waals surface area contributed by atoms with Crippen LogP contribution < -0.4 is 0 Å². The first-order chi connectivity index (χ1) is 8.19. The number of unbranched alkanes of at least 4 members (excludes halogenated alkanes) is 2. The van der Waals surface area contributed by atoms with Gasteiger partial charge in [0, 0.05) is 5.56 Å². The Bertz CT molecular complexity index is 386. The van der Waals surface area contributed by atoms with Gasteiger partial charge >= 0.3 is 0 Å². The van der Waals surface area contributed by atoms with E-state index in [9.17, 15) is 8.78 Å². The Morgan fingerprint density at radius 3 is 2.65 bits per heavy atom. The molecule has 0 atom stereocenters. The van der Waals surface area contributed by atoms with Gasteiger partial charge in [-0.15, -0.1) is 0 Å². The summed E-state index contributed by atoms with van der Waals surface area (Å²) in [5.41, 5.74) is 0.557. The molecule has 3 heteroatoms. The van der Waals surface area contributed by atoms with Crippen molar-refractivity contribution < 1.29 is 13.5 Å². The molecule has 93 valence electrons. The molecule has 0 bridgehead atoms. The van der Waals surface area contributed by atoms with Crippen LogP contribution in [0.1, 0.15) is 31.7 Å². The highest BCUT2D eigenvalue weighted by Crippen LogP contribution is 2.19. The van der Waals surface area contributed by atoms with Crippen molar-refractivity contribution in [2.45, 2.75) is 26.2 Å². The number of ether oxygens (including phenoxy) is 1. The first-order valence-corrected chi connectivity index (χ1v) is 5.72. The third-order valence-electron chi connectivity index (χ3n) is 2.37. The second-order valence-corrected chi connectivity index (χ2v) is 3.69. The van der Waals surface area contributed by atoms with Gasteiger partial charge in [-0.05, 0) is 37.6 Å². The van der Waals surface area contributed by atoms with Gasteiger partial charge < -0.3 is 4.74 Å². The number of halogens is 2. The maximum Gasteiger partial charge on any atom is 0.159 e. The second kappa shape index (κ2) is 7.05. The molecule has 0 heterocycles. The summed E-state index contributed by atoms with van der Waals surface area (Å²) < 4.78 is 31.3. The molecule has 0 N–H and O–H groups in total. The highest BCUT2D eigenvalue weighted by atomic mass is 19.2. The average Bonchev–Trinajstić information content (AvgIpc) is 2.33. The number of hydrogen-bond acceptors (Lipinski definition) is 1. The molecular formula is C14H17F2O. The molecule has 1 radical (unpaired) electrons. The van der Waals surface area contributed by atoms with Gasteiger partial charge in [-0.1, -0.05) is 19.8 Å². The number of rotatable bonds is 6. The molecular weight excluding hydrogens is 222 g/mol. The molecule has 0 aliphatic heterocycles. The summed E-state index contributed by atoms with van der Waals surface area (Å²) in [6.45, 7) is 6.11. The summed E-state index contributed by atoms with van der Waals surface area (Å²) in [7, 11) is 0. The van der Waals surface area contributed by atoms with E-state index < -0.39 is 11.6 Å². The fourth-order valence-electron chi connectivity index (χ4n) is 1.44. The molecule has 1 nitrogen and oxygen atoms in total. The smallest absolute Gasteiger partial charge is 0.159 e. The van der Waals surface area contributed by atoms with E-state index in [0.717, 1.165) is 31.4 Å². The molecule has 1 rings (SSSR count). The minimum Gasteiger partial charge on any atom is -0.493 e. The zero-order valence-corrected chi connectivity index (χ0v) is 10.0.